The van der Waals surface area contributed by atoms with E-state index in [1.807, 2.05) is 13.8 Å². The first-order chi connectivity index (χ1) is 9.95. The average Bonchev–Trinajstić information content (AvgIpc) is 2.77. The molecule has 0 saturated heterocycles. The van der Waals surface area contributed by atoms with E-state index in [-0.39, 0.29) is 11.7 Å². The number of hydrogen-bond acceptors (Lipinski definition) is 3. The van der Waals surface area contributed by atoms with Crippen LogP contribution in [-0.2, 0) is 0 Å². The summed E-state index contributed by atoms with van der Waals surface area (Å²) in [6.45, 7) is 6.73. The van der Waals surface area contributed by atoms with E-state index in [0.717, 1.165) is 30.4 Å². The molecule has 7 heteroatoms. The highest BCUT2D eigenvalue weighted by Crippen LogP contribution is 2.27. The standard InChI is InChI=1S/C14H17BrF2N4/c1-4-5-18-8(2)13-9(3)21(20-19-13)14-11(15)6-10(16)7-12(14)17/h6-8,18H,4-5H2,1-3H3. The Morgan fingerprint density at radius 2 is 2.10 bits per heavy atom. The van der Waals surface area contributed by atoms with E-state index >= 15 is 0 Å². The molecule has 0 fully saturated rings. The molecule has 1 unspecified atom stereocenters. The zero-order valence-electron chi connectivity index (χ0n) is 12.1. The van der Waals surface area contributed by atoms with E-state index in [2.05, 4.69) is 38.5 Å². The van der Waals surface area contributed by atoms with Crippen molar-refractivity contribution in [3.63, 3.8) is 0 Å². The molecule has 0 aliphatic carbocycles. The number of aromatic nitrogens is 3. The number of rotatable bonds is 5. The lowest BCUT2D eigenvalue weighted by atomic mass is 10.2. The molecule has 1 aromatic heterocycles. The highest BCUT2D eigenvalue weighted by molar-refractivity contribution is 9.10. The van der Waals surface area contributed by atoms with Gasteiger partial charge in [-0.15, -0.1) is 5.10 Å². The number of nitrogens with one attached hydrogen (secondary N) is 1. The van der Waals surface area contributed by atoms with Gasteiger partial charge in [0.25, 0.3) is 0 Å². The van der Waals surface area contributed by atoms with Crippen LogP contribution in [0.1, 0.15) is 37.7 Å². The summed E-state index contributed by atoms with van der Waals surface area (Å²) >= 11 is 3.17. The zero-order valence-corrected chi connectivity index (χ0v) is 13.7. The molecular weight excluding hydrogens is 342 g/mol. The normalized spacial score (nSPS) is 12.7. The van der Waals surface area contributed by atoms with Gasteiger partial charge < -0.3 is 5.32 Å². The predicted molar refractivity (Wildman–Crippen MR) is 80.4 cm³/mol. The van der Waals surface area contributed by atoms with E-state index in [4.69, 9.17) is 0 Å². The van der Waals surface area contributed by atoms with Crippen molar-refractivity contribution in [2.24, 2.45) is 0 Å². The van der Waals surface area contributed by atoms with Crippen molar-refractivity contribution >= 4 is 15.9 Å². The molecular formula is C14H17BrF2N4. The largest absolute Gasteiger partial charge is 0.309 e. The van der Waals surface area contributed by atoms with Crippen LogP contribution in [0, 0.1) is 18.6 Å². The number of halogens is 3. The second-order valence-corrected chi connectivity index (χ2v) is 5.72. The lowest BCUT2D eigenvalue weighted by Crippen LogP contribution is -2.20. The van der Waals surface area contributed by atoms with Gasteiger partial charge in [-0.05, 0) is 48.8 Å². The molecule has 1 aromatic carbocycles. The molecule has 1 heterocycles. The molecule has 1 atom stereocenters. The molecule has 0 aliphatic heterocycles. The maximum absolute atomic E-state index is 14.0. The summed E-state index contributed by atoms with van der Waals surface area (Å²) in [4.78, 5) is 0. The Balaban J connectivity index is 2.41. The highest BCUT2D eigenvalue weighted by Gasteiger charge is 2.20. The molecule has 0 aliphatic rings. The van der Waals surface area contributed by atoms with Crippen LogP contribution in [0.3, 0.4) is 0 Å². The van der Waals surface area contributed by atoms with Gasteiger partial charge in [0.15, 0.2) is 5.82 Å². The molecule has 1 N–H and O–H groups in total. The summed E-state index contributed by atoms with van der Waals surface area (Å²) in [5.74, 6) is -1.32. The monoisotopic (exact) mass is 358 g/mol. The Morgan fingerprint density at radius 1 is 1.38 bits per heavy atom. The number of nitrogens with zero attached hydrogens (tertiary/aromatic N) is 3. The van der Waals surface area contributed by atoms with Crippen LogP contribution in [0.5, 0.6) is 0 Å². The Hall–Kier alpha value is -1.34. The van der Waals surface area contributed by atoms with Gasteiger partial charge in [0.05, 0.1) is 11.7 Å². The van der Waals surface area contributed by atoms with Crippen LogP contribution in [0.4, 0.5) is 8.78 Å². The smallest absolute Gasteiger partial charge is 0.153 e. The van der Waals surface area contributed by atoms with Crippen molar-refractivity contribution in [1.82, 2.24) is 20.3 Å². The molecule has 2 aromatic rings. The Morgan fingerprint density at radius 3 is 2.71 bits per heavy atom. The van der Waals surface area contributed by atoms with Crippen LogP contribution in [0.25, 0.3) is 5.69 Å². The fourth-order valence-electron chi connectivity index (χ4n) is 2.15. The van der Waals surface area contributed by atoms with Crippen molar-refractivity contribution in [3.8, 4) is 5.69 Å². The Bertz CT molecular complexity index is 619. The quantitative estimate of drug-likeness (QED) is 0.886. The van der Waals surface area contributed by atoms with Gasteiger partial charge in [-0.25, -0.2) is 13.5 Å². The van der Waals surface area contributed by atoms with Crippen molar-refractivity contribution in [1.29, 1.82) is 0 Å². The third-order valence-electron chi connectivity index (χ3n) is 3.23. The summed E-state index contributed by atoms with van der Waals surface area (Å²) in [7, 11) is 0. The Kier molecular flexibility index (Phi) is 5.05. The van der Waals surface area contributed by atoms with Gasteiger partial charge in [0, 0.05) is 10.5 Å². The summed E-state index contributed by atoms with van der Waals surface area (Å²) in [6, 6.07) is 2.05. The average molecular weight is 359 g/mol. The molecule has 0 radical (unpaired) electrons. The van der Waals surface area contributed by atoms with Crippen LogP contribution in [0.2, 0.25) is 0 Å². The fourth-order valence-corrected chi connectivity index (χ4v) is 2.72. The molecule has 0 amide bonds. The second kappa shape index (κ2) is 6.62. The molecule has 4 nitrogen and oxygen atoms in total. The third kappa shape index (κ3) is 3.29. The van der Waals surface area contributed by atoms with Gasteiger partial charge in [0.2, 0.25) is 0 Å². The van der Waals surface area contributed by atoms with E-state index < -0.39 is 11.6 Å². The van der Waals surface area contributed by atoms with Crippen molar-refractivity contribution in [2.45, 2.75) is 33.2 Å². The van der Waals surface area contributed by atoms with Crippen LogP contribution in [0.15, 0.2) is 16.6 Å². The van der Waals surface area contributed by atoms with Gasteiger partial charge in [0.1, 0.15) is 17.2 Å². The first kappa shape index (κ1) is 16.0. The van der Waals surface area contributed by atoms with E-state index in [9.17, 15) is 8.78 Å². The summed E-state index contributed by atoms with van der Waals surface area (Å²) in [5.41, 5.74) is 1.63. The fraction of sp³-hybridized carbons (Fsp3) is 0.429. The SMILES string of the molecule is CCCNC(C)c1nnn(-c2c(F)cc(F)cc2Br)c1C. The molecule has 2 rings (SSSR count). The minimum Gasteiger partial charge on any atom is -0.309 e. The maximum Gasteiger partial charge on any atom is 0.153 e. The predicted octanol–water partition coefficient (Wildman–Crippen LogP) is 3.68. The van der Waals surface area contributed by atoms with Gasteiger partial charge in [-0.1, -0.05) is 12.1 Å². The van der Waals surface area contributed by atoms with E-state index in [1.165, 1.54) is 10.7 Å². The first-order valence-electron chi connectivity index (χ1n) is 6.76. The van der Waals surface area contributed by atoms with Crippen LogP contribution >= 0.6 is 15.9 Å². The molecule has 0 bridgehead atoms. The summed E-state index contributed by atoms with van der Waals surface area (Å²) in [5, 5.41) is 11.4. The number of hydrogen-bond donors (Lipinski definition) is 1. The van der Waals surface area contributed by atoms with Crippen molar-refractivity contribution < 1.29 is 8.78 Å². The topological polar surface area (TPSA) is 42.7 Å². The molecule has 0 saturated carbocycles. The van der Waals surface area contributed by atoms with E-state index in [0.29, 0.717) is 4.47 Å². The number of benzene rings is 1. The maximum atomic E-state index is 14.0. The minimum absolute atomic E-state index is 0.0148. The van der Waals surface area contributed by atoms with Gasteiger partial charge >= 0.3 is 0 Å². The Labute approximate surface area is 130 Å². The lowest BCUT2D eigenvalue weighted by molar-refractivity contribution is 0.555. The molecule has 21 heavy (non-hydrogen) atoms. The molecule has 0 spiro atoms. The van der Waals surface area contributed by atoms with Crippen molar-refractivity contribution in [3.05, 3.63) is 39.6 Å². The third-order valence-corrected chi connectivity index (χ3v) is 3.84. The van der Waals surface area contributed by atoms with Crippen LogP contribution < -0.4 is 5.32 Å². The van der Waals surface area contributed by atoms with Gasteiger partial charge in [-0.2, -0.15) is 0 Å². The molecule has 114 valence electrons. The summed E-state index contributed by atoms with van der Waals surface area (Å²) < 4.78 is 28.9. The van der Waals surface area contributed by atoms with E-state index in [1.54, 1.807) is 0 Å². The van der Waals surface area contributed by atoms with Crippen LogP contribution in [-0.4, -0.2) is 21.5 Å². The second-order valence-electron chi connectivity index (χ2n) is 4.87. The van der Waals surface area contributed by atoms with Crippen molar-refractivity contribution in [2.75, 3.05) is 6.54 Å². The highest BCUT2D eigenvalue weighted by atomic mass is 79.9. The van der Waals surface area contributed by atoms with Gasteiger partial charge in [-0.3, -0.25) is 0 Å². The minimum atomic E-state index is -0.685. The zero-order chi connectivity index (χ0) is 15.6. The summed E-state index contributed by atoms with van der Waals surface area (Å²) in [6.07, 6.45) is 1.01. The lowest BCUT2D eigenvalue weighted by Gasteiger charge is -2.12. The first-order valence-corrected chi connectivity index (χ1v) is 7.55.